The largest absolute Gasteiger partial charge is 0.326 e. The molecule has 1 saturated heterocycles. The molecule has 1 aromatic carbocycles. The summed E-state index contributed by atoms with van der Waals surface area (Å²) in [6.45, 7) is 0.825. The molecule has 5 nitrogen and oxygen atoms in total. The van der Waals surface area contributed by atoms with Gasteiger partial charge in [0.2, 0.25) is 0 Å². The summed E-state index contributed by atoms with van der Waals surface area (Å²) in [5.41, 5.74) is 7.17. The smallest absolute Gasteiger partial charge is 0.281 e. The van der Waals surface area contributed by atoms with E-state index < -0.39 is 10.2 Å². The van der Waals surface area contributed by atoms with Crippen LogP contribution in [0.3, 0.4) is 0 Å². The van der Waals surface area contributed by atoms with Gasteiger partial charge in [0, 0.05) is 39.1 Å². The number of hydrogen-bond donors (Lipinski definition) is 1. The van der Waals surface area contributed by atoms with Gasteiger partial charge in [0.25, 0.3) is 10.2 Å². The Kier molecular flexibility index (Phi) is 3.72. The quantitative estimate of drug-likeness (QED) is 0.853. The molecule has 1 aromatic rings. The summed E-state index contributed by atoms with van der Waals surface area (Å²) in [6.07, 6.45) is 0. The molecule has 0 aliphatic carbocycles. The molecule has 0 bridgehead atoms. The average molecular weight is 269 g/mol. The van der Waals surface area contributed by atoms with Gasteiger partial charge >= 0.3 is 0 Å². The first-order valence-corrected chi connectivity index (χ1v) is 7.30. The van der Waals surface area contributed by atoms with E-state index in [4.69, 9.17) is 5.73 Å². The van der Waals surface area contributed by atoms with Gasteiger partial charge in [-0.25, -0.2) is 0 Å². The van der Waals surface area contributed by atoms with E-state index in [2.05, 4.69) is 0 Å². The standard InChI is InChI=1S/C12H19N3O2S/c1-14(2)18(16,17)15-8-11(12(13)9-15)10-6-4-3-5-7-10/h3-7,11-12H,8-9,13H2,1-2H3/t11-,12+/m0/s1. The maximum Gasteiger partial charge on any atom is 0.281 e. The first kappa shape index (κ1) is 13.5. The molecule has 0 unspecified atom stereocenters. The fourth-order valence-electron chi connectivity index (χ4n) is 2.26. The molecular weight excluding hydrogens is 250 g/mol. The summed E-state index contributed by atoms with van der Waals surface area (Å²) in [5, 5.41) is 0. The van der Waals surface area contributed by atoms with Crippen LogP contribution in [0, 0.1) is 0 Å². The van der Waals surface area contributed by atoms with Crippen LogP contribution in [0.25, 0.3) is 0 Å². The molecule has 1 aliphatic rings. The minimum Gasteiger partial charge on any atom is -0.326 e. The lowest BCUT2D eigenvalue weighted by Gasteiger charge is -2.20. The van der Waals surface area contributed by atoms with Crippen LogP contribution in [0.15, 0.2) is 30.3 Å². The number of nitrogens with zero attached hydrogens (tertiary/aromatic N) is 2. The number of hydrogen-bond acceptors (Lipinski definition) is 3. The van der Waals surface area contributed by atoms with Gasteiger partial charge in [0.15, 0.2) is 0 Å². The fourth-order valence-corrected chi connectivity index (χ4v) is 3.44. The van der Waals surface area contributed by atoms with Crippen molar-refractivity contribution >= 4 is 10.2 Å². The Morgan fingerprint density at radius 3 is 2.39 bits per heavy atom. The monoisotopic (exact) mass is 269 g/mol. The van der Waals surface area contributed by atoms with Crippen LogP contribution in [0.4, 0.5) is 0 Å². The average Bonchev–Trinajstić information content (AvgIpc) is 2.73. The van der Waals surface area contributed by atoms with E-state index in [1.807, 2.05) is 30.3 Å². The Morgan fingerprint density at radius 1 is 1.22 bits per heavy atom. The van der Waals surface area contributed by atoms with E-state index in [1.54, 1.807) is 0 Å². The molecule has 1 fully saturated rings. The van der Waals surface area contributed by atoms with Crippen molar-refractivity contribution < 1.29 is 8.42 Å². The Hall–Kier alpha value is -0.950. The highest BCUT2D eigenvalue weighted by atomic mass is 32.2. The van der Waals surface area contributed by atoms with Gasteiger partial charge in [-0.15, -0.1) is 0 Å². The molecule has 6 heteroatoms. The second kappa shape index (κ2) is 4.97. The van der Waals surface area contributed by atoms with Crippen LogP contribution in [0.5, 0.6) is 0 Å². The van der Waals surface area contributed by atoms with Crippen LogP contribution in [0.2, 0.25) is 0 Å². The number of rotatable bonds is 3. The highest BCUT2D eigenvalue weighted by Crippen LogP contribution is 2.28. The molecule has 2 N–H and O–H groups in total. The molecule has 2 rings (SSSR count). The fraction of sp³-hybridized carbons (Fsp3) is 0.500. The highest BCUT2D eigenvalue weighted by Gasteiger charge is 2.38. The summed E-state index contributed by atoms with van der Waals surface area (Å²) in [6, 6.07) is 9.68. The zero-order valence-electron chi connectivity index (χ0n) is 10.7. The van der Waals surface area contributed by atoms with E-state index in [0.717, 1.165) is 5.56 Å². The van der Waals surface area contributed by atoms with Gasteiger partial charge in [0.05, 0.1) is 0 Å². The van der Waals surface area contributed by atoms with Crippen molar-refractivity contribution in [1.82, 2.24) is 8.61 Å². The molecular formula is C12H19N3O2S. The summed E-state index contributed by atoms with van der Waals surface area (Å²) in [5.74, 6) is 0.0703. The zero-order valence-corrected chi connectivity index (χ0v) is 11.5. The molecule has 2 atom stereocenters. The lowest BCUT2D eigenvalue weighted by molar-refractivity contribution is 0.417. The van der Waals surface area contributed by atoms with Crippen LogP contribution >= 0.6 is 0 Å². The number of nitrogens with two attached hydrogens (primary N) is 1. The predicted molar refractivity (Wildman–Crippen MR) is 71.3 cm³/mol. The first-order chi connectivity index (χ1) is 8.43. The lowest BCUT2D eigenvalue weighted by atomic mass is 9.95. The zero-order chi connectivity index (χ0) is 13.3. The van der Waals surface area contributed by atoms with Crippen molar-refractivity contribution in [1.29, 1.82) is 0 Å². The third-order valence-corrected chi connectivity index (χ3v) is 5.22. The van der Waals surface area contributed by atoms with E-state index >= 15 is 0 Å². The first-order valence-electron chi connectivity index (χ1n) is 5.91. The summed E-state index contributed by atoms with van der Waals surface area (Å²) in [4.78, 5) is 0. The molecule has 0 spiro atoms. The summed E-state index contributed by atoms with van der Waals surface area (Å²) in [7, 11) is -0.287. The van der Waals surface area contributed by atoms with Crippen molar-refractivity contribution in [3.05, 3.63) is 35.9 Å². The predicted octanol–water partition coefficient (Wildman–Crippen LogP) is 0.220. The van der Waals surface area contributed by atoms with Crippen molar-refractivity contribution in [3.8, 4) is 0 Å². The van der Waals surface area contributed by atoms with Crippen molar-refractivity contribution in [2.75, 3.05) is 27.2 Å². The van der Waals surface area contributed by atoms with Gasteiger partial charge in [-0.2, -0.15) is 17.0 Å². The van der Waals surface area contributed by atoms with Crippen LogP contribution in [0.1, 0.15) is 11.5 Å². The molecule has 0 aromatic heterocycles. The topological polar surface area (TPSA) is 66.6 Å². The maximum atomic E-state index is 12.1. The van der Waals surface area contributed by atoms with Crippen molar-refractivity contribution in [2.45, 2.75) is 12.0 Å². The Bertz CT molecular complexity index is 501. The van der Waals surface area contributed by atoms with E-state index in [1.165, 1.54) is 22.7 Å². The SMILES string of the molecule is CN(C)S(=O)(=O)N1C[C@@H](N)[C@H](c2ccccc2)C1. The third-order valence-electron chi connectivity index (χ3n) is 3.35. The molecule has 100 valence electrons. The van der Waals surface area contributed by atoms with Gasteiger partial charge in [-0.1, -0.05) is 30.3 Å². The Labute approximate surface area is 108 Å². The highest BCUT2D eigenvalue weighted by molar-refractivity contribution is 7.86. The third kappa shape index (κ3) is 2.42. The Balaban J connectivity index is 2.20. The van der Waals surface area contributed by atoms with E-state index in [0.29, 0.717) is 13.1 Å². The minimum absolute atomic E-state index is 0.0703. The molecule has 0 radical (unpaired) electrons. The van der Waals surface area contributed by atoms with E-state index in [9.17, 15) is 8.42 Å². The maximum absolute atomic E-state index is 12.1. The van der Waals surface area contributed by atoms with Gasteiger partial charge in [-0.3, -0.25) is 0 Å². The minimum atomic E-state index is -3.36. The molecule has 0 saturated carbocycles. The molecule has 18 heavy (non-hydrogen) atoms. The normalized spacial score (nSPS) is 25.8. The van der Waals surface area contributed by atoms with Crippen molar-refractivity contribution in [2.24, 2.45) is 5.73 Å². The number of benzene rings is 1. The van der Waals surface area contributed by atoms with Crippen LogP contribution in [-0.2, 0) is 10.2 Å². The molecule has 0 amide bonds. The summed E-state index contributed by atoms with van der Waals surface area (Å²) >= 11 is 0. The molecule has 1 aliphatic heterocycles. The lowest BCUT2D eigenvalue weighted by Crippen LogP contribution is -2.39. The van der Waals surface area contributed by atoms with Gasteiger partial charge in [-0.05, 0) is 5.56 Å². The van der Waals surface area contributed by atoms with Crippen LogP contribution in [-0.4, -0.2) is 50.3 Å². The second-order valence-electron chi connectivity index (χ2n) is 4.79. The second-order valence-corrected chi connectivity index (χ2v) is 6.93. The van der Waals surface area contributed by atoms with E-state index in [-0.39, 0.29) is 12.0 Å². The molecule has 1 heterocycles. The van der Waals surface area contributed by atoms with Crippen molar-refractivity contribution in [3.63, 3.8) is 0 Å². The van der Waals surface area contributed by atoms with Crippen LogP contribution < -0.4 is 5.73 Å². The van der Waals surface area contributed by atoms with Gasteiger partial charge < -0.3 is 5.73 Å². The van der Waals surface area contributed by atoms with Gasteiger partial charge in [0.1, 0.15) is 0 Å². The summed E-state index contributed by atoms with van der Waals surface area (Å²) < 4.78 is 26.8. The Morgan fingerprint density at radius 2 is 1.83 bits per heavy atom.